The number of rotatable bonds is 2. The molecule has 0 aliphatic carbocycles. The number of aromatic nitrogens is 1. The molecule has 2 heterocycles. The molecule has 1 aliphatic rings. The highest BCUT2D eigenvalue weighted by Gasteiger charge is 2.16. The zero-order valence-corrected chi connectivity index (χ0v) is 9.66. The van der Waals surface area contributed by atoms with E-state index in [1.807, 2.05) is 24.4 Å². The summed E-state index contributed by atoms with van der Waals surface area (Å²) >= 11 is 0. The molecule has 0 unspecified atom stereocenters. The summed E-state index contributed by atoms with van der Waals surface area (Å²) in [6, 6.07) is 2.01. The molecule has 1 aromatic rings. The van der Waals surface area contributed by atoms with Gasteiger partial charge in [-0.15, -0.1) is 0 Å². The lowest BCUT2D eigenvalue weighted by atomic mass is 9.98. The molecule has 0 fully saturated rings. The Kier molecular flexibility index (Phi) is 2.91. The number of ether oxygens (including phenoxy) is 1. The molecular weight excluding hydrogens is 198 g/mol. The van der Waals surface area contributed by atoms with Crippen LogP contribution in [0.3, 0.4) is 0 Å². The summed E-state index contributed by atoms with van der Waals surface area (Å²) in [5.74, 6) is 0.897. The second-order valence-electron chi connectivity index (χ2n) is 4.03. The molecule has 0 saturated heterocycles. The maximum atomic E-state index is 5.71. The monoisotopic (exact) mass is 213 g/mol. The lowest BCUT2D eigenvalue weighted by Gasteiger charge is -2.20. The van der Waals surface area contributed by atoms with E-state index in [4.69, 9.17) is 4.74 Å². The normalized spacial score (nSPS) is 13.9. The van der Waals surface area contributed by atoms with Crippen molar-refractivity contribution in [2.75, 3.05) is 0 Å². The molecule has 0 N–H and O–H groups in total. The summed E-state index contributed by atoms with van der Waals surface area (Å²) in [6.07, 6.45) is 7.53. The van der Waals surface area contributed by atoms with Crippen LogP contribution in [0.2, 0.25) is 0 Å². The number of hydrogen-bond donors (Lipinski definition) is 0. The second kappa shape index (κ2) is 4.35. The Bertz CT molecular complexity index is 479. The van der Waals surface area contributed by atoms with Gasteiger partial charge in [0.2, 0.25) is 0 Å². The van der Waals surface area contributed by atoms with Crippen LogP contribution in [-0.4, -0.2) is 4.98 Å². The Labute approximate surface area is 96.0 Å². The standard InChI is InChI=1S/C14H15NO/c1-4-12-13-5-6-15-8-11(13)9-16-14(12)7-10(2)3/h4-8H,1,9H2,2-3H3. The van der Waals surface area contributed by atoms with E-state index in [9.17, 15) is 0 Å². The van der Waals surface area contributed by atoms with Gasteiger partial charge in [0.1, 0.15) is 12.4 Å². The van der Waals surface area contributed by atoms with Crippen LogP contribution in [0.15, 0.2) is 48.5 Å². The highest BCUT2D eigenvalue weighted by Crippen LogP contribution is 2.30. The van der Waals surface area contributed by atoms with Gasteiger partial charge in [-0.25, -0.2) is 0 Å². The molecule has 0 radical (unpaired) electrons. The van der Waals surface area contributed by atoms with Gasteiger partial charge in [0.05, 0.1) is 0 Å². The molecule has 0 saturated carbocycles. The Hall–Kier alpha value is -1.83. The van der Waals surface area contributed by atoms with Crippen molar-refractivity contribution < 1.29 is 4.74 Å². The van der Waals surface area contributed by atoms with E-state index >= 15 is 0 Å². The van der Waals surface area contributed by atoms with Gasteiger partial charge < -0.3 is 4.74 Å². The maximum absolute atomic E-state index is 5.71. The summed E-state index contributed by atoms with van der Waals surface area (Å²) < 4.78 is 5.71. The maximum Gasteiger partial charge on any atom is 0.127 e. The van der Waals surface area contributed by atoms with Crippen LogP contribution in [0.5, 0.6) is 0 Å². The number of nitrogens with zero attached hydrogens (tertiary/aromatic N) is 1. The van der Waals surface area contributed by atoms with E-state index in [0.717, 1.165) is 16.9 Å². The summed E-state index contributed by atoms with van der Waals surface area (Å²) in [5.41, 5.74) is 4.55. The third-order valence-corrected chi connectivity index (χ3v) is 2.47. The summed E-state index contributed by atoms with van der Waals surface area (Å²) in [5, 5.41) is 0. The first-order chi connectivity index (χ1) is 7.72. The molecule has 16 heavy (non-hydrogen) atoms. The molecule has 0 aromatic carbocycles. The van der Waals surface area contributed by atoms with E-state index in [2.05, 4.69) is 25.4 Å². The zero-order valence-electron chi connectivity index (χ0n) is 9.66. The molecule has 1 aromatic heterocycles. The lowest BCUT2D eigenvalue weighted by Crippen LogP contribution is -2.06. The first-order valence-electron chi connectivity index (χ1n) is 5.30. The van der Waals surface area contributed by atoms with Gasteiger partial charge in [-0.3, -0.25) is 4.98 Å². The van der Waals surface area contributed by atoms with Crippen molar-refractivity contribution in [1.82, 2.24) is 4.98 Å². The van der Waals surface area contributed by atoms with Gasteiger partial charge in [0, 0.05) is 23.5 Å². The predicted octanol–water partition coefficient (Wildman–Crippen LogP) is 3.48. The number of pyridine rings is 1. The summed E-state index contributed by atoms with van der Waals surface area (Å²) in [7, 11) is 0. The third kappa shape index (κ3) is 1.91. The molecule has 0 amide bonds. The van der Waals surface area contributed by atoms with Crippen LogP contribution >= 0.6 is 0 Å². The second-order valence-corrected chi connectivity index (χ2v) is 4.03. The van der Waals surface area contributed by atoms with Crippen molar-refractivity contribution in [1.29, 1.82) is 0 Å². The van der Waals surface area contributed by atoms with Crippen LogP contribution in [0.1, 0.15) is 25.0 Å². The fraction of sp³-hybridized carbons (Fsp3) is 0.214. The van der Waals surface area contributed by atoms with Crippen molar-refractivity contribution in [2.45, 2.75) is 20.5 Å². The van der Waals surface area contributed by atoms with Crippen LogP contribution < -0.4 is 0 Å². The topological polar surface area (TPSA) is 22.1 Å². The van der Waals surface area contributed by atoms with Crippen LogP contribution in [0.4, 0.5) is 0 Å². The quantitative estimate of drug-likeness (QED) is 0.750. The molecule has 82 valence electrons. The molecule has 0 atom stereocenters. The van der Waals surface area contributed by atoms with Crippen molar-refractivity contribution in [3.8, 4) is 0 Å². The van der Waals surface area contributed by atoms with E-state index in [1.165, 1.54) is 11.1 Å². The Morgan fingerprint density at radius 1 is 1.50 bits per heavy atom. The zero-order chi connectivity index (χ0) is 11.5. The molecule has 2 nitrogen and oxygen atoms in total. The minimum absolute atomic E-state index is 0.583. The molecule has 0 bridgehead atoms. The average Bonchev–Trinajstić information content (AvgIpc) is 2.28. The van der Waals surface area contributed by atoms with Gasteiger partial charge in [0.25, 0.3) is 0 Å². The molecule has 1 aliphatic heterocycles. The highest BCUT2D eigenvalue weighted by atomic mass is 16.5. The van der Waals surface area contributed by atoms with Crippen molar-refractivity contribution in [2.24, 2.45) is 0 Å². The molecule has 2 heteroatoms. The molecule has 2 rings (SSSR count). The minimum atomic E-state index is 0.583. The van der Waals surface area contributed by atoms with E-state index in [0.29, 0.717) is 6.61 Å². The first kappa shape index (κ1) is 10.7. The van der Waals surface area contributed by atoms with Gasteiger partial charge >= 0.3 is 0 Å². The SMILES string of the molecule is C=CC1=C(C=C(C)C)OCc2cnccc21. The lowest BCUT2D eigenvalue weighted by molar-refractivity contribution is 0.207. The smallest absolute Gasteiger partial charge is 0.127 e. The Morgan fingerprint density at radius 3 is 3.00 bits per heavy atom. The van der Waals surface area contributed by atoms with E-state index < -0.39 is 0 Å². The summed E-state index contributed by atoms with van der Waals surface area (Å²) in [4.78, 5) is 4.10. The third-order valence-electron chi connectivity index (χ3n) is 2.47. The van der Waals surface area contributed by atoms with Gasteiger partial charge in [-0.05, 0) is 31.6 Å². The minimum Gasteiger partial charge on any atom is -0.488 e. The Morgan fingerprint density at radius 2 is 2.31 bits per heavy atom. The summed E-state index contributed by atoms with van der Waals surface area (Å²) in [6.45, 7) is 8.55. The highest BCUT2D eigenvalue weighted by molar-refractivity contribution is 5.79. The van der Waals surface area contributed by atoms with Crippen molar-refractivity contribution in [3.05, 3.63) is 59.7 Å². The fourth-order valence-corrected chi connectivity index (χ4v) is 1.76. The van der Waals surface area contributed by atoms with Gasteiger partial charge in [0.15, 0.2) is 0 Å². The molecule has 0 spiro atoms. The van der Waals surface area contributed by atoms with Crippen LogP contribution in [-0.2, 0) is 11.3 Å². The average molecular weight is 213 g/mol. The van der Waals surface area contributed by atoms with Gasteiger partial charge in [-0.2, -0.15) is 0 Å². The van der Waals surface area contributed by atoms with Crippen molar-refractivity contribution in [3.63, 3.8) is 0 Å². The van der Waals surface area contributed by atoms with Crippen LogP contribution in [0, 0.1) is 0 Å². The largest absolute Gasteiger partial charge is 0.488 e. The van der Waals surface area contributed by atoms with Crippen LogP contribution in [0.25, 0.3) is 5.57 Å². The number of hydrogen-bond acceptors (Lipinski definition) is 2. The predicted molar refractivity (Wildman–Crippen MR) is 65.6 cm³/mol. The fourth-order valence-electron chi connectivity index (χ4n) is 1.76. The number of fused-ring (bicyclic) bond motifs is 1. The van der Waals surface area contributed by atoms with Crippen molar-refractivity contribution >= 4 is 5.57 Å². The van der Waals surface area contributed by atoms with E-state index in [-0.39, 0.29) is 0 Å². The first-order valence-corrected chi connectivity index (χ1v) is 5.30. The van der Waals surface area contributed by atoms with E-state index in [1.54, 1.807) is 6.20 Å². The van der Waals surface area contributed by atoms with Gasteiger partial charge in [-0.1, -0.05) is 18.2 Å². The Balaban J connectivity index is 2.57. The molecular formula is C14H15NO. The number of allylic oxidation sites excluding steroid dienone is 4.